The van der Waals surface area contributed by atoms with Crippen LogP contribution in [0.3, 0.4) is 0 Å². The molecule has 0 radical (unpaired) electrons. The van der Waals surface area contributed by atoms with Crippen molar-refractivity contribution in [1.29, 1.82) is 0 Å². The summed E-state index contributed by atoms with van der Waals surface area (Å²) in [4.78, 5) is 11.6. The number of carboxylic acids is 1. The lowest BCUT2D eigenvalue weighted by Gasteiger charge is -2.47. The summed E-state index contributed by atoms with van der Waals surface area (Å²) in [5.41, 5.74) is 1.92. The summed E-state index contributed by atoms with van der Waals surface area (Å²) in [6.07, 6.45) is 0. The fourth-order valence-electron chi connectivity index (χ4n) is 2.89. The van der Waals surface area contributed by atoms with Gasteiger partial charge in [-0.2, -0.15) is 0 Å². The molecule has 0 saturated carbocycles. The second kappa shape index (κ2) is 4.73. The first-order chi connectivity index (χ1) is 8.47. The fraction of sp³-hybridized carbons (Fsp3) is 0.533. The van der Waals surface area contributed by atoms with Crippen molar-refractivity contribution in [2.75, 3.05) is 13.2 Å². The maximum Gasteiger partial charge on any atom is 0.307 e. The fourth-order valence-corrected chi connectivity index (χ4v) is 2.89. The minimum Gasteiger partial charge on any atom is -0.481 e. The first kappa shape index (κ1) is 13.1. The van der Waals surface area contributed by atoms with E-state index in [4.69, 9.17) is 4.74 Å². The van der Waals surface area contributed by atoms with Crippen molar-refractivity contribution in [3.05, 3.63) is 35.4 Å². The van der Waals surface area contributed by atoms with Gasteiger partial charge in [-0.05, 0) is 18.4 Å². The standard InChI is InChI=1S/C15H20O3/c1-10(2)13(14(16)17)15(8-18-9-15)12-6-4-11(3)5-7-12/h4-7,10,13H,8-9H2,1-3H3,(H,16,17). The van der Waals surface area contributed by atoms with Gasteiger partial charge in [0.1, 0.15) is 0 Å². The molecule has 98 valence electrons. The van der Waals surface area contributed by atoms with Crippen LogP contribution in [0, 0.1) is 18.8 Å². The van der Waals surface area contributed by atoms with Gasteiger partial charge in [-0.25, -0.2) is 0 Å². The summed E-state index contributed by atoms with van der Waals surface area (Å²) in [5.74, 6) is -1.03. The summed E-state index contributed by atoms with van der Waals surface area (Å²) in [6, 6.07) is 8.15. The molecule has 0 spiro atoms. The molecule has 1 aromatic rings. The largest absolute Gasteiger partial charge is 0.481 e. The van der Waals surface area contributed by atoms with E-state index < -0.39 is 11.9 Å². The third kappa shape index (κ3) is 2.03. The topological polar surface area (TPSA) is 46.5 Å². The van der Waals surface area contributed by atoms with Crippen LogP contribution < -0.4 is 0 Å². The molecular weight excluding hydrogens is 228 g/mol. The van der Waals surface area contributed by atoms with Crippen molar-refractivity contribution in [1.82, 2.24) is 0 Å². The van der Waals surface area contributed by atoms with Crippen molar-refractivity contribution < 1.29 is 14.6 Å². The average Bonchev–Trinajstić information content (AvgIpc) is 2.23. The lowest BCUT2D eigenvalue weighted by atomic mass is 9.64. The zero-order valence-electron chi connectivity index (χ0n) is 11.1. The van der Waals surface area contributed by atoms with Gasteiger partial charge in [0.2, 0.25) is 0 Å². The molecule has 3 heteroatoms. The molecule has 1 aliphatic rings. The molecule has 1 aliphatic heterocycles. The van der Waals surface area contributed by atoms with Crippen LogP contribution >= 0.6 is 0 Å². The van der Waals surface area contributed by atoms with Gasteiger partial charge in [-0.15, -0.1) is 0 Å². The molecule has 1 fully saturated rings. The highest BCUT2D eigenvalue weighted by Gasteiger charge is 2.51. The second-order valence-corrected chi connectivity index (χ2v) is 5.57. The molecule has 1 saturated heterocycles. The lowest BCUT2D eigenvalue weighted by Crippen LogP contribution is -2.56. The molecule has 0 aliphatic carbocycles. The third-order valence-corrected chi connectivity index (χ3v) is 3.87. The third-order valence-electron chi connectivity index (χ3n) is 3.87. The molecule has 2 rings (SSSR count). The van der Waals surface area contributed by atoms with Crippen LogP contribution in [0.2, 0.25) is 0 Å². The Balaban J connectivity index is 2.41. The maximum atomic E-state index is 11.6. The quantitative estimate of drug-likeness (QED) is 0.891. The Labute approximate surface area is 108 Å². The van der Waals surface area contributed by atoms with E-state index in [2.05, 4.69) is 0 Å². The van der Waals surface area contributed by atoms with Crippen molar-refractivity contribution in [2.24, 2.45) is 11.8 Å². The van der Waals surface area contributed by atoms with Crippen molar-refractivity contribution in [2.45, 2.75) is 26.2 Å². The van der Waals surface area contributed by atoms with Gasteiger partial charge >= 0.3 is 5.97 Å². The molecule has 18 heavy (non-hydrogen) atoms. The highest BCUT2D eigenvalue weighted by atomic mass is 16.5. The first-order valence-corrected chi connectivity index (χ1v) is 6.35. The average molecular weight is 248 g/mol. The second-order valence-electron chi connectivity index (χ2n) is 5.57. The van der Waals surface area contributed by atoms with Crippen LogP contribution in [0.1, 0.15) is 25.0 Å². The Kier molecular flexibility index (Phi) is 3.44. The zero-order chi connectivity index (χ0) is 13.3. The molecule has 0 bridgehead atoms. The SMILES string of the molecule is Cc1ccc(C2(C(C(=O)O)C(C)C)COC2)cc1. The van der Waals surface area contributed by atoms with Gasteiger partial charge in [0, 0.05) is 0 Å². The monoisotopic (exact) mass is 248 g/mol. The van der Waals surface area contributed by atoms with E-state index in [0.717, 1.165) is 5.56 Å². The number of benzene rings is 1. The predicted octanol–water partition coefficient (Wildman–Crippen LogP) is 2.62. The highest BCUT2D eigenvalue weighted by molar-refractivity contribution is 5.73. The van der Waals surface area contributed by atoms with Gasteiger partial charge < -0.3 is 9.84 Å². The van der Waals surface area contributed by atoms with E-state index in [1.807, 2.05) is 45.0 Å². The summed E-state index contributed by atoms with van der Waals surface area (Å²) in [6.45, 7) is 6.97. The zero-order valence-corrected chi connectivity index (χ0v) is 11.1. The van der Waals surface area contributed by atoms with Gasteiger partial charge in [-0.3, -0.25) is 4.79 Å². The van der Waals surface area contributed by atoms with Gasteiger partial charge in [0.05, 0.1) is 24.5 Å². The van der Waals surface area contributed by atoms with E-state index >= 15 is 0 Å². The van der Waals surface area contributed by atoms with Crippen molar-refractivity contribution in [3.8, 4) is 0 Å². The molecular formula is C15H20O3. The summed E-state index contributed by atoms with van der Waals surface area (Å²) < 4.78 is 5.34. The van der Waals surface area contributed by atoms with Crippen LogP contribution in [-0.2, 0) is 14.9 Å². The number of ether oxygens (including phenoxy) is 1. The van der Waals surface area contributed by atoms with Crippen LogP contribution in [-0.4, -0.2) is 24.3 Å². The van der Waals surface area contributed by atoms with Gasteiger partial charge in [0.25, 0.3) is 0 Å². The summed E-state index contributed by atoms with van der Waals surface area (Å²) in [7, 11) is 0. The molecule has 1 atom stereocenters. The first-order valence-electron chi connectivity index (χ1n) is 6.35. The van der Waals surface area contributed by atoms with Crippen molar-refractivity contribution in [3.63, 3.8) is 0 Å². The molecule has 0 aromatic heterocycles. The van der Waals surface area contributed by atoms with E-state index in [0.29, 0.717) is 13.2 Å². The Morgan fingerprint density at radius 2 is 1.83 bits per heavy atom. The number of carboxylic acid groups (broad SMARTS) is 1. The Morgan fingerprint density at radius 3 is 2.17 bits per heavy atom. The van der Waals surface area contributed by atoms with E-state index in [1.165, 1.54) is 5.56 Å². The molecule has 0 amide bonds. The molecule has 3 nitrogen and oxygen atoms in total. The highest BCUT2D eigenvalue weighted by Crippen LogP contribution is 2.43. The Hall–Kier alpha value is -1.35. The van der Waals surface area contributed by atoms with E-state index in [9.17, 15) is 9.90 Å². The molecule has 1 unspecified atom stereocenters. The number of rotatable bonds is 4. The number of aryl methyl sites for hydroxylation is 1. The molecule has 1 aromatic carbocycles. The minimum atomic E-state index is -0.728. The Morgan fingerprint density at radius 1 is 1.28 bits per heavy atom. The lowest BCUT2D eigenvalue weighted by molar-refractivity contribution is -0.161. The number of hydrogen-bond acceptors (Lipinski definition) is 2. The number of aliphatic carboxylic acids is 1. The predicted molar refractivity (Wildman–Crippen MR) is 69.6 cm³/mol. The molecule has 1 N–H and O–H groups in total. The van der Waals surface area contributed by atoms with Crippen LogP contribution in [0.4, 0.5) is 0 Å². The summed E-state index contributed by atoms with van der Waals surface area (Å²) >= 11 is 0. The number of carbonyl (C=O) groups is 1. The van der Waals surface area contributed by atoms with Crippen LogP contribution in [0.5, 0.6) is 0 Å². The normalized spacial score (nSPS) is 19.3. The van der Waals surface area contributed by atoms with E-state index in [-0.39, 0.29) is 11.3 Å². The van der Waals surface area contributed by atoms with E-state index in [1.54, 1.807) is 0 Å². The smallest absolute Gasteiger partial charge is 0.307 e. The number of hydrogen-bond donors (Lipinski definition) is 1. The van der Waals surface area contributed by atoms with Crippen molar-refractivity contribution >= 4 is 5.97 Å². The minimum absolute atomic E-state index is 0.0905. The molecule has 1 heterocycles. The van der Waals surface area contributed by atoms with Crippen LogP contribution in [0.25, 0.3) is 0 Å². The maximum absolute atomic E-state index is 11.6. The summed E-state index contributed by atoms with van der Waals surface area (Å²) in [5, 5.41) is 9.50. The Bertz CT molecular complexity index is 430. The van der Waals surface area contributed by atoms with Gasteiger partial charge in [0.15, 0.2) is 0 Å². The van der Waals surface area contributed by atoms with Gasteiger partial charge in [-0.1, -0.05) is 43.7 Å². The van der Waals surface area contributed by atoms with Crippen LogP contribution in [0.15, 0.2) is 24.3 Å².